The SMILES string of the molecule is Cc1cccc(C(=O)NCc2cccnc2-c2ccncc2)c1. The van der Waals surface area contributed by atoms with Gasteiger partial charge in [-0.05, 0) is 42.8 Å². The Balaban J connectivity index is 1.78. The van der Waals surface area contributed by atoms with Crippen LogP contribution in [0.5, 0.6) is 0 Å². The van der Waals surface area contributed by atoms with Gasteiger partial charge in [-0.15, -0.1) is 0 Å². The number of rotatable bonds is 4. The van der Waals surface area contributed by atoms with Crippen molar-refractivity contribution in [2.45, 2.75) is 13.5 Å². The van der Waals surface area contributed by atoms with Crippen LogP contribution in [0, 0.1) is 6.92 Å². The maximum atomic E-state index is 12.3. The fourth-order valence-electron chi connectivity index (χ4n) is 2.41. The van der Waals surface area contributed by atoms with E-state index in [4.69, 9.17) is 0 Å². The van der Waals surface area contributed by atoms with Gasteiger partial charge in [-0.3, -0.25) is 14.8 Å². The molecule has 0 aliphatic rings. The minimum atomic E-state index is -0.0850. The first-order valence-corrected chi connectivity index (χ1v) is 7.43. The van der Waals surface area contributed by atoms with Crippen LogP contribution in [0.1, 0.15) is 21.5 Å². The average Bonchev–Trinajstić information content (AvgIpc) is 2.60. The molecule has 2 aromatic heterocycles. The zero-order valence-electron chi connectivity index (χ0n) is 12.9. The average molecular weight is 303 g/mol. The lowest BCUT2D eigenvalue weighted by Gasteiger charge is -2.10. The van der Waals surface area contributed by atoms with Crippen LogP contribution in [-0.4, -0.2) is 15.9 Å². The molecular formula is C19H17N3O. The van der Waals surface area contributed by atoms with E-state index < -0.39 is 0 Å². The Bertz CT molecular complexity index is 816. The van der Waals surface area contributed by atoms with Gasteiger partial charge < -0.3 is 5.32 Å². The molecule has 0 unspecified atom stereocenters. The van der Waals surface area contributed by atoms with E-state index in [1.807, 2.05) is 55.5 Å². The van der Waals surface area contributed by atoms with Crippen molar-refractivity contribution < 1.29 is 4.79 Å². The molecule has 1 aromatic carbocycles. The summed E-state index contributed by atoms with van der Waals surface area (Å²) in [7, 11) is 0. The van der Waals surface area contributed by atoms with E-state index in [1.54, 1.807) is 18.6 Å². The van der Waals surface area contributed by atoms with Crippen LogP contribution in [-0.2, 0) is 6.54 Å². The Hall–Kier alpha value is -3.01. The van der Waals surface area contributed by atoms with Crippen LogP contribution in [0.15, 0.2) is 67.1 Å². The Labute approximate surface area is 135 Å². The molecule has 1 N–H and O–H groups in total. The highest BCUT2D eigenvalue weighted by atomic mass is 16.1. The summed E-state index contributed by atoms with van der Waals surface area (Å²) >= 11 is 0. The summed E-state index contributed by atoms with van der Waals surface area (Å²) in [6, 6.07) is 15.2. The zero-order chi connectivity index (χ0) is 16.1. The number of carbonyl (C=O) groups excluding carboxylic acids is 1. The number of aromatic nitrogens is 2. The molecule has 0 spiro atoms. The summed E-state index contributed by atoms with van der Waals surface area (Å²) in [5, 5.41) is 2.96. The van der Waals surface area contributed by atoms with E-state index in [2.05, 4.69) is 15.3 Å². The van der Waals surface area contributed by atoms with Crippen molar-refractivity contribution in [1.82, 2.24) is 15.3 Å². The van der Waals surface area contributed by atoms with Crippen LogP contribution in [0.2, 0.25) is 0 Å². The van der Waals surface area contributed by atoms with E-state index in [-0.39, 0.29) is 5.91 Å². The highest BCUT2D eigenvalue weighted by Gasteiger charge is 2.09. The van der Waals surface area contributed by atoms with E-state index in [0.717, 1.165) is 22.4 Å². The Morgan fingerprint density at radius 3 is 2.65 bits per heavy atom. The van der Waals surface area contributed by atoms with E-state index >= 15 is 0 Å². The molecule has 3 aromatic rings. The highest BCUT2D eigenvalue weighted by molar-refractivity contribution is 5.94. The summed E-state index contributed by atoms with van der Waals surface area (Å²) in [4.78, 5) is 20.7. The molecule has 0 saturated carbocycles. The highest BCUT2D eigenvalue weighted by Crippen LogP contribution is 2.20. The van der Waals surface area contributed by atoms with Gasteiger partial charge >= 0.3 is 0 Å². The van der Waals surface area contributed by atoms with Crippen LogP contribution >= 0.6 is 0 Å². The second-order valence-corrected chi connectivity index (χ2v) is 5.30. The Morgan fingerprint density at radius 1 is 1.04 bits per heavy atom. The lowest BCUT2D eigenvalue weighted by molar-refractivity contribution is 0.0951. The zero-order valence-corrected chi connectivity index (χ0v) is 12.9. The van der Waals surface area contributed by atoms with Crippen molar-refractivity contribution in [2.24, 2.45) is 0 Å². The Kier molecular flexibility index (Phi) is 4.43. The number of nitrogens with one attached hydrogen (secondary N) is 1. The molecule has 2 heterocycles. The summed E-state index contributed by atoms with van der Waals surface area (Å²) in [6.45, 7) is 2.40. The van der Waals surface area contributed by atoms with Crippen molar-refractivity contribution in [2.75, 3.05) is 0 Å². The first-order valence-electron chi connectivity index (χ1n) is 7.43. The Morgan fingerprint density at radius 2 is 1.87 bits per heavy atom. The molecule has 3 rings (SSSR count). The smallest absolute Gasteiger partial charge is 0.251 e. The molecule has 0 bridgehead atoms. The predicted octanol–water partition coefficient (Wildman–Crippen LogP) is 3.38. The van der Waals surface area contributed by atoms with Crippen LogP contribution in [0.3, 0.4) is 0 Å². The van der Waals surface area contributed by atoms with Gasteiger partial charge in [-0.1, -0.05) is 23.8 Å². The molecule has 4 nitrogen and oxygen atoms in total. The van der Waals surface area contributed by atoms with Gasteiger partial charge in [-0.25, -0.2) is 0 Å². The number of amides is 1. The molecule has 114 valence electrons. The van der Waals surface area contributed by atoms with E-state index in [9.17, 15) is 4.79 Å². The summed E-state index contributed by atoms with van der Waals surface area (Å²) in [6.07, 6.45) is 5.22. The third-order valence-electron chi connectivity index (χ3n) is 3.56. The fourth-order valence-corrected chi connectivity index (χ4v) is 2.41. The number of hydrogen-bond acceptors (Lipinski definition) is 3. The normalized spacial score (nSPS) is 10.3. The third kappa shape index (κ3) is 3.61. The minimum Gasteiger partial charge on any atom is -0.348 e. The molecule has 1 amide bonds. The number of carbonyl (C=O) groups is 1. The van der Waals surface area contributed by atoms with Crippen LogP contribution in [0.25, 0.3) is 11.3 Å². The maximum absolute atomic E-state index is 12.3. The van der Waals surface area contributed by atoms with Gasteiger partial charge in [0.25, 0.3) is 5.91 Å². The first-order chi connectivity index (χ1) is 11.2. The lowest BCUT2D eigenvalue weighted by Crippen LogP contribution is -2.23. The second-order valence-electron chi connectivity index (χ2n) is 5.30. The predicted molar refractivity (Wildman–Crippen MR) is 89.8 cm³/mol. The minimum absolute atomic E-state index is 0.0850. The molecule has 4 heteroatoms. The number of pyridine rings is 2. The molecule has 0 aliphatic heterocycles. The number of hydrogen-bond donors (Lipinski definition) is 1. The number of aryl methyl sites for hydroxylation is 1. The molecule has 0 radical (unpaired) electrons. The van der Waals surface area contributed by atoms with Crippen molar-refractivity contribution in [1.29, 1.82) is 0 Å². The summed E-state index contributed by atoms with van der Waals surface area (Å²) in [5.74, 6) is -0.0850. The largest absolute Gasteiger partial charge is 0.348 e. The topological polar surface area (TPSA) is 54.9 Å². The van der Waals surface area contributed by atoms with Crippen molar-refractivity contribution in [3.05, 3.63) is 83.8 Å². The molecular weight excluding hydrogens is 286 g/mol. The molecule has 0 atom stereocenters. The van der Waals surface area contributed by atoms with Gasteiger partial charge in [0.2, 0.25) is 0 Å². The van der Waals surface area contributed by atoms with Gasteiger partial charge in [0.15, 0.2) is 0 Å². The monoisotopic (exact) mass is 303 g/mol. The third-order valence-corrected chi connectivity index (χ3v) is 3.56. The molecule has 23 heavy (non-hydrogen) atoms. The quantitative estimate of drug-likeness (QED) is 0.804. The van der Waals surface area contributed by atoms with Crippen LogP contribution < -0.4 is 5.32 Å². The molecule has 0 saturated heterocycles. The molecule has 0 aliphatic carbocycles. The van der Waals surface area contributed by atoms with E-state index in [1.165, 1.54) is 0 Å². The van der Waals surface area contributed by atoms with Gasteiger partial charge in [0.05, 0.1) is 5.69 Å². The van der Waals surface area contributed by atoms with Gasteiger partial charge in [0.1, 0.15) is 0 Å². The number of benzene rings is 1. The second kappa shape index (κ2) is 6.83. The first kappa shape index (κ1) is 14.9. The maximum Gasteiger partial charge on any atom is 0.251 e. The molecule has 0 fully saturated rings. The number of nitrogens with zero attached hydrogens (tertiary/aromatic N) is 2. The van der Waals surface area contributed by atoms with Crippen molar-refractivity contribution in [3.63, 3.8) is 0 Å². The lowest BCUT2D eigenvalue weighted by atomic mass is 10.1. The van der Waals surface area contributed by atoms with Crippen molar-refractivity contribution >= 4 is 5.91 Å². The van der Waals surface area contributed by atoms with Gasteiger partial charge in [0, 0.05) is 36.3 Å². The van der Waals surface area contributed by atoms with Crippen LogP contribution in [0.4, 0.5) is 0 Å². The summed E-state index contributed by atoms with van der Waals surface area (Å²) in [5.41, 5.74) is 4.55. The van der Waals surface area contributed by atoms with Gasteiger partial charge in [-0.2, -0.15) is 0 Å². The fraction of sp³-hybridized carbons (Fsp3) is 0.105. The summed E-state index contributed by atoms with van der Waals surface area (Å²) < 4.78 is 0. The standard InChI is InChI=1S/C19H17N3O/c1-14-4-2-5-16(12-14)19(23)22-13-17-6-3-9-21-18(17)15-7-10-20-11-8-15/h2-12H,13H2,1H3,(H,22,23). The van der Waals surface area contributed by atoms with Crippen molar-refractivity contribution in [3.8, 4) is 11.3 Å². The van der Waals surface area contributed by atoms with E-state index in [0.29, 0.717) is 12.1 Å².